The second kappa shape index (κ2) is 46.0. The van der Waals surface area contributed by atoms with Gasteiger partial charge in [-0.1, -0.05) is 0 Å². The third kappa shape index (κ3) is 27.7. The van der Waals surface area contributed by atoms with Crippen LogP contribution in [0.5, 0.6) is 0 Å². The average Bonchev–Trinajstić information content (AvgIpc) is 1.19. The van der Waals surface area contributed by atoms with Crippen LogP contribution in [0, 0.1) is 40.5 Å². The molecule has 8 heterocycles. The highest BCUT2D eigenvalue weighted by Gasteiger charge is 2.30. The van der Waals surface area contributed by atoms with Crippen molar-refractivity contribution in [2.75, 3.05) is 140 Å². The van der Waals surface area contributed by atoms with Gasteiger partial charge in [0.25, 0.3) is 20.3 Å². The van der Waals surface area contributed by atoms with E-state index in [0.717, 1.165) is 62.7 Å². The van der Waals surface area contributed by atoms with Crippen molar-refractivity contribution in [3.63, 3.8) is 0 Å². The summed E-state index contributed by atoms with van der Waals surface area (Å²) in [6, 6.07) is 14.8. The predicted octanol–water partition coefficient (Wildman–Crippen LogP) is 9.52. The number of nitrogens with one attached hydrogen (secondary N) is 4. The summed E-state index contributed by atoms with van der Waals surface area (Å²) in [7, 11) is 0. The maximum absolute atomic E-state index is 11.9. The van der Waals surface area contributed by atoms with E-state index in [-0.39, 0.29) is 79.2 Å². The average molecular weight is 1910 g/mol. The number of hydrogen-bond donors (Lipinski definition) is 4. The molecule has 2 unspecified atom stereocenters. The number of hydrogen-bond acceptors (Lipinski definition) is 44. The third-order valence-corrected chi connectivity index (χ3v) is 19.1. The van der Waals surface area contributed by atoms with E-state index in [1.165, 1.54) is 0 Å². The number of unbranched alkanes of at least 4 members (excludes halogenated alkanes) is 1. The molecule has 0 amide bonds. The molecule has 0 saturated heterocycles. The van der Waals surface area contributed by atoms with Crippen LogP contribution in [0.15, 0.2) is 136 Å². The lowest BCUT2D eigenvalue weighted by molar-refractivity contribution is -0.757. The van der Waals surface area contributed by atoms with Crippen LogP contribution in [0.4, 0.5) is 41.9 Å². The number of benzene rings is 4. The van der Waals surface area contributed by atoms with Gasteiger partial charge in [0.05, 0.1) is 129 Å². The Morgan fingerprint density at radius 1 is 0.364 bits per heavy atom. The second-order valence-corrected chi connectivity index (χ2v) is 26.8. The number of rotatable bonds is 32. The Balaban J connectivity index is 0.000000179. The number of anilines is 4. The molecule has 0 fully saturated rings. The van der Waals surface area contributed by atoms with E-state index < -0.39 is 57.4 Å². The van der Waals surface area contributed by atoms with Crippen LogP contribution < -0.4 is 21.3 Å². The van der Waals surface area contributed by atoms with Gasteiger partial charge in [-0.15, -0.1) is 40.5 Å². The van der Waals surface area contributed by atoms with E-state index >= 15 is 0 Å². The van der Waals surface area contributed by atoms with Crippen molar-refractivity contribution in [1.29, 1.82) is 0 Å². The first kappa shape index (κ1) is 89.1. The number of halogens is 4. The zero-order valence-corrected chi connectivity index (χ0v) is 68.5. The number of aliphatic imine (C=N–C) groups is 4. The standard InChI is InChI=1S/C18H21BrN6O6.C17H19BrN6O6.C16H17BrN6O6.C15H15BrN6O6/c1-12(31-18(26)29-10-2-3-11-30-25(27)28)24-9-8-22-17(24)23-13-4-5-14-16(15(13)19)21-7-6-20-14;1-11(30-17(25)28-9-2-10-29-24(26)27)23-8-7-21-16(23)22-12-3-4-13-15(14(12)18)20-6-5-19-13;17-13-11(2-3-12-14(13)19-5-4-18-12)21-15-20-6-7-22(15)10-28-16(24)27-8-1-9-29-23(25)26;16-12-10(1-2-11-13(12)18-4-3-17-11)20-14-19-5-6-21(14)9-27-15(23)26-7-8-28-22(24)25/h4-7,12H,2-3,8-11H2,1H3,(H,22,23);3-6,11H,2,7-10H2,1H3,(H,21,22);2-5H,1,6-10H2,(H,20,21);1-4H,5-9H2,(H,19,20). The van der Waals surface area contributed by atoms with Gasteiger partial charge in [0.15, 0.2) is 25.9 Å². The van der Waals surface area contributed by atoms with Gasteiger partial charge in [0.1, 0.15) is 35.3 Å². The lowest BCUT2D eigenvalue weighted by Crippen LogP contribution is -2.42. The van der Waals surface area contributed by atoms with Gasteiger partial charge < -0.3 is 98.1 Å². The van der Waals surface area contributed by atoms with Crippen molar-refractivity contribution >= 4 is 179 Å². The molecule has 8 aromatic rings. The molecule has 4 aromatic carbocycles. The molecule has 4 aliphatic heterocycles. The van der Waals surface area contributed by atoms with Crippen LogP contribution in [-0.4, -0.2) is 259 Å². The van der Waals surface area contributed by atoms with Crippen molar-refractivity contribution in [3.8, 4) is 0 Å². The van der Waals surface area contributed by atoms with Gasteiger partial charge in [-0.25, -0.2) is 19.2 Å². The molecule has 0 bridgehead atoms. The fraction of sp³-hybridized carbons (Fsp3) is 0.394. The quantitative estimate of drug-likeness (QED) is 0.0100. The molecule has 0 aliphatic carbocycles. The number of guanidine groups is 4. The summed E-state index contributed by atoms with van der Waals surface area (Å²) in [6.45, 7) is 6.64. The van der Waals surface area contributed by atoms with Gasteiger partial charge in [-0.2, -0.15) is 0 Å². The van der Waals surface area contributed by atoms with Crippen LogP contribution >= 0.6 is 63.7 Å². The first-order chi connectivity index (χ1) is 57.0. The predicted molar refractivity (Wildman–Crippen MR) is 428 cm³/mol. The number of fused-ring (bicyclic) bond motifs is 4. The Kier molecular flexibility index (Phi) is 34.7. The number of ether oxygens (including phenoxy) is 8. The van der Waals surface area contributed by atoms with Crippen LogP contribution in [-0.2, 0) is 57.2 Å². The zero-order chi connectivity index (χ0) is 84.3. The van der Waals surface area contributed by atoms with Crippen molar-refractivity contribution in [3.05, 3.63) is 156 Å². The minimum absolute atomic E-state index is 0.0446. The minimum atomic E-state index is -0.968. The molecule has 48 nitrogen and oxygen atoms in total. The van der Waals surface area contributed by atoms with Crippen molar-refractivity contribution in [1.82, 2.24) is 59.5 Å². The number of carbonyl (C=O) groups is 4. The van der Waals surface area contributed by atoms with E-state index in [1.54, 1.807) is 83.0 Å². The highest BCUT2D eigenvalue weighted by Crippen LogP contribution is 2.34. The van der Waals surface area contributed by atoms with Gasteiger partial charge in [0.2, 0.25) is 23.8 Å². The maximum Gasteiger partial charge on any atom is 0.510 e. The van der Waals surface area contributed by atoms with Gasteiger partial charge >= 0.3 is 24.6 Å². The number of carbonyl (C=O) groups excluding carboxylic acids is 4. The molecule has 0 saturated carbocycles. The zero-order valence-electron chi connectivity index (χ0n) is 62.2. The largest absolute Gasteiger partial charge is 0.510 e. The van der Waals surface area contributed by atoms with E-state index in [2.05, 4.69) is 169 Å². The first-order valence-corrected chi connectivity index (χ1v) is 38.4. The molecule has 2 atom stereocenters. The summed E-state index contributed by atoms with van der Waals surface area (Å²) in [5, 5.41) is 49.3. The molecule has 12 rings (SSSR count). The normalized spacial score (nSPS) is 13.7. The molecule has 0 spiro atoms. The third-order valence-electron chi connectivity index (χ3n) is 15.9. The number of aromatic nitrogens is 8. The molecule has 4 aliphatic rings. The van der Waals surface area contributed by atoms with Crippen LogP contribution in [0.2, 0.25) is 0 Å². The lowest BCUT2D eigenvalue weighted by Gasteiger charge is -2.27. The molecule has 4 aromatic heterocycles. The Labute approximate surface area is 699 Å². The van der Waals surface area contributed by atoms with Crippen LogP contribution in [0.25, 0.3) is 44.1 Å². The van der Waals surface area contributed by atoms with Crippen molar-refractivity contribution in [2.24, 2.45) is 20.0 Å². The molecule has 4 N–H and O–H groups in total. The lowest BCUT2D eigenvalue weighted by atomic mass is 10.2. The van der Waals surface area contributed by atoms with E-state index in [4.69, 9.17) is 33.2 Å². The molecule has 628 valence electrons. The molecular formula is C66H72Br4N24O24. The summed E-state index contributed by atoms with van der Waals surface area (Å²) in [5.41, 5.74) is 8.84. The van der Waals surface area contributed by atoms with E-state index in [1.807, 2.05) is 48.5 Å². The van der Waals surface area contributed by atoms with E-state index in [0.29, 0.717) is 111 Å². The first-order valence-electron chi connectivity index (χ1n) is 35.2. The Morgan fingerprint density at radius 3 is 1.00 bits per heavy atom. The molecule has 118 heavy (non-hydrogen) atoms. The molecule has 52 heteroatoms. The SMILES string of the molecule is CC(OC(=O)OCCCCO[N+](=O)[O-])N1CCN=C1Nc1ccc2nccnc2c1Br.CC(OC(=O)OCCCO[N+](=O)[O-])N1CCN=C1Nc1ccc2nccnc2c1Br.O=C(OCCCO[N+](=O)[O-])OCN1CCN=C1Nc1ccc2nccnc2c1Br.O=C(OCCO[N+](=O)[O-])OCN1CCN=C1Nc1ccc2nccnc2c1Br. The molecular weight excluding hydrogens is 1830 g/mol. The summed E-state index contributed by atoms with van der Waals surface area (Å²) >= 11 is 14.1. The fourth-order valence-corrected chi connectivity index (χ4v) is 12.6. The number of nitrogens with zero attached hydrogens (tertiary/aromatic N) is 20. The summed E-state index contributed by atoms with van der Waals surface area (Å²) in [6.07, 6.45) is 9.33. The Bertz CT molecular complexity index is 4980. The Morgan fingerprint density at radius 2 is 0.644 bits per heavy atom. The van der Waals surface area contributed by atoms with Crippen molar-refractivity contribution in [2.45, 2.75) is 52.0 Å². The van der Waals surface area contributed by atoms with Gasteiger partial charge in [0, 0.05) is 88.6 Å². The topological polar surface area (TPSA) is 565 Å². The van der Waals surface area contributed by atoms with Gasteiger partial charge in [-0.3, -0.25) is 59.8 Å². The van der Waals surface area contributed by atoms with Crippen LogP contribution in [0.1, 0.15) is 39.5 Å². The highest BCUT2D eigenvalue weighted by molar-refractivity contribution is 9.11. The van der Waals surface area contributed by atoms with E-state index in [9.17, 15) is 59.6 Å². The summed E-state index contributed by atoms with van der Waals surface area (Å²) in [5.74, 6) is 2.16. The van der Waals surface area contributed by atoms with Gasteiger partial charge in [-0.05, 0) is 139 Å². The second-order valence-electron chi connectivity index (χ2n) is 23.7. The minimum Gasteiger partial charge on any atom is -0.434 e. The Hall–Kier alpha value is -12.9. The molecule has 0 radical (unpaired) electrons. The smallest absolute Gasteiger partial charge is 0.434 e. The highest BCUT2D eigenvalue weighted by atomic mass is 79.9. The fourth-order valence-electron chi connectivity index (χ4n) is 10.4. The maximum atomic E-state index is 11.9. The summed E-state index contributed by atoms with van der Waals surface area (Å²) < 4.78 is 43.0. The van der Waals surface area contributed by atoms with Crippen molar-refractivity contribution < 1.29 is 96.8 Å². The monoisotopic (exact) mass is 1900 g/mol. The van der Waals surface area contributed by atoms with Crippen LogP contribution in [0.3, 0.4) is 0 Å². The summed E-state index contributed by atoms with van der Waals surface area (Å²) in [4.78, 5) is 162.